The number of carbonyl (C=O) groups excluding carboxylic acids is 1. The Balaban J connectivity index is 1.75. The van der Waals surface area contributed by atoms with Crippen molar-refractivity contribution in [3.8, 4) is 23.0 Å². The van der Waals surface area contributed by atoms with Crippen molar-refractivity contribution in [1.82, 2.24) is 0 Å². The number of ketones is 1. The highest BCUT2D eigenvalue weighted by Crippen LogP contribution is 2.26. The summed E-state index contributed by atoms with van der Waals surface area (Å²) in [5, 5.41) is 37.3. The number of benzene rings is 2. The molecule has 0 saturated heterocycles. The molecule has 0 amide bonds. The van der Waals surface area contributed by atoms with Gasteiger partial charge in [0.25, 0.3) is 0 Å². The van der Waals surface area contributed by atoms with Crippen LogP contribution in [0.25, 0.3) is 6.08 Å². The summed E-state index contributed by atoms with van der Waals surface area (Å²) < 4.78 is 0. The van der Waals surface area contributed by atoms with Crippen LogP contribution in [0.3, 0.4) is 0 Å². The lowest BCUT2D eigenvalue weighted by Gasteiger charge is -2.03. The first kappa shape index (κ1) is 17.4. The van der Waals surface area contributed by atoms with E-state index in [9.17, 15) is 25.2 Å². The molecule has 0 atom stereocenters. The fourth-order valence-electron chi connectivity index (χ4n) is 2.27. The summed E-state index contributed by atoms with van der Waals surface area (Å²) in [5.74, 6) is -0.709. The van der Waals surface area contributed by atoms with Crippen LogP contribution in [0.2, 0.25) is 0 Å². The molecule has 5 nitrogen and oxygen atoms in total. The van der Waals surface area contributed by atoms with Crippen LogP contribution in [0.15, 0.2) is 42.5 Å². The largest absolute Gasteiger partial charge is 0.504 e. The van der Waals surface area contributed by atoms with Gasteiger partial charge in [-0.15, -0.1) is 0 Å². The number of aryl methyl sites for hydroxylation is 1. The first-order chi connectivity index (χ1) is 11.5. The Kier molecular flexibility index (Phi) is 5.84. The van der Waals surface area contributed by atoms with E-state index in [0.717, 1.165) is 18.4 Å². The Morgan fingerprint density at radius 3 is 2.17 bits per heavy atom. The molecule has 0 heterocycles. The van der Waals surface area contributed by atoms with Gasteiger partial charge in [-0.3, -0.25) is 4.79 Å². The van der Waals surface area contributed by atoms with Gasteiger partial charge in [-0.2, -0.15) is 0 Å². The van der Waals surface area contributed by atoms with Crippen molar-refractivity contribution in [1.29, 1.82) is 0 Å². The molecule has 0 unspecified atom stereocenters. The highest BCUT2D eigenvalue weighted by atomic mass is 16.3. The number of hydrogen-bond donors (Lipinski definition) is 4. The summed E-state index contributed by atoms with van der Waals surface area (Å²) in [4.78, 5) is 11.8. The van der Waals surface area contributed by atoms with Gasteiger partial charge in [0.15, 0.2) is 28.8 Å². The highest BCUT2D eigenvalue weighted by molar-refractivity contribution is 5.93. The Morgan fingerprint density at radius 1 is 0.833 bits per heavy atom. The lowest BCUT2D eigenvalue weighted by Crippen LogP contribution is -1.94. The first-order valence-electron chi connectivity index (χ1n) is 7.69. The minimum absolute atomic E-state index is 0.0175. The summed E-state index contributed by atoms with van der Waals surface area (Å²) in [5.41, 5.74) is 1.55. The second-order valence-corrected chi connectivity index (χ2v) is 5.58. The molecule has 0 bridgehead atoms. The van der Waals surface area contributed by atoms with Crippen LogP contribution in [0.1, 0.15) is 30.4 Å². The zero-order chi connectivity index (χ0) is 17.5. The average molecular weight is 328 g/mol. The molecule has 0 fully saturated rings. The molecule has 0 aliphatic heterocycles. The third kappa shape index (κ3) is 5.05. The van der Waals surface area contributed by atoms with E-state index in [1.54, 1.807) is 18.2 Å². The van der Waals surface area contributed by atoms with Crippen molar-refractivity contribution < 1.29 is 25.2 Å². The molecule has 2 rings (SSSR count). The minimum atomic E-state index is -0.221. The smallest absolute Gasteiger partial charge is 0.157 e. The molecular weight excluding hydrogens is 308 g/mol. The molecule has 0 saturated carbocycles. The lowest BCUT2D eigenvalue weighted by molar-refractivity contribution is -0.114. The van der Waals surface area contributed by atoms with Crippen molar-refractivity contribution in [3.63, 3.8) is 0 Å². The average Bonchev–Trinajstić information content (AvgIpc) is 2.56. The molecule has 24 heavy (non-hydrogen) atoms. The number of carbonyl (C=O) groups is 1. The maximum absolute atomic E-state index is 11.8. The van der Waals surface area contributed by atoms with E-state index < -0.39 is 0 Å². The van der Waals surface area contributed by atoms with Gasteiger partial charge in [0.1, 0.15) is 0 Å². The summed E-state index contributed by atoms with van der Waals surface area (Å²) in [6.07, 6.45) is 5.69. The van der Waals surface area contributed by atoms with Crippen LogP contribution in [0.5, 0.6) is 23.0 Å². The predicted molar refractivity (Wildman–Crippen MR) is 91.1 cm³/mol. The molecule has 0 radical (unpaired) electrons. The van der Waals surface area contributed by atoms with Crippen molar-refractivity contribution in [2.75, 3.05) is 0 Å². The standard InChI is InChI=1S/C19H20O5/c20-15(8-5-14-7-10-17(22)19(24)12-14)4-2-1-3-13-6-9-16(21)18(23)11-13/h5-12,21-24H,1-4H2/b8-5+. The molecule has 126 valence electrons. The molecule has 5 heteroatoms. The minimum Gasteiger partial charge on any atom is -0.504 e. The molecule has 0 aromatic heterocycles. The van der Waals surface area contributed by atoms with Crippen LogP contribution < -0.4 is 0 Å². The second kappa shape index (κ2) is 8.06. The fraction of sp³-hybridized carbons (Fsp3) is 0.211. The van der Waals surface area contributed by atoms with E-state index in [4.69, 9.17) is 0 Å². The van der Waals surface area contributed by atoms with E-state index in [2.05, 4.69) is 0 Å². The van der Waals surface area contributed by atoms with E-state index >= 15 is 0 Å². The van der Waals surface area contributed by atoms with Gasteiger partial charge >= 0.3 is 0 Å². The van der Waals surface area contributed by atoms with E-state index in [1.807, 2.05) is 0 Å². The zero-order valence-electron chi connectivity index (χ0n) is 13.1. The molecule has 0 spiro atoms. The zero-order valence-corrected chi connectivity index (χ0v) is 13.1. The molecule has 0 aliphatic rings. The maximum atomic E-state index is 11.8. The van der Waals surface area contributed by atoms with E-state index in [1.165, 1.54) is 30.3 Å². The Bertz CT molecular complexity index is 749. The summed E-state index contributed by atoms with van der Waals surface area (Å²) in [7, 11) is 0. The van der Waals surface area contributed by atoms with Crippen LogP contribution in [0.4, 0.5) is 0 Å². The topological polar surface area (TPSA) is 98.0 Å². The lowest BCUT2D eigenvalue weighted by atomic mass is 10.0. The number of rotatable bonds is 7. The maximum Gasteiger partial charge on any atom is 0.157 e. The number of hydrogen-bond acceptors (Lipinski definition) is 5. The number of phenols is 4. The van der Waals surface area contributed by atoms with Crippen LogP contribution in [-0.2, 0) is 11.2 Å². The number of aromatic hydroxyl groups is 4. The summed E-state index contributed by atoms with van der Waals surface area (Å²) >= 11 is 0. The molecule has 0 aliphatic carbocycles. The van der Waals surface area contributed by atoms with Gasteiger partial charge in [-0.1, -0.05) is 18.2 Å². The van der Waals surface area contributed by atoms with Gasteiger partial charge in [0, 0.05) is 6.42 Å². The first-order valence-corrected chi connectivity index (χ1v) is 7.69. The molecular formula is C19H20O5. The number of allylic oxidation sites excluding steroid dienone is 1. The third-order valence-corrected chi connectivity index (χ3v) is 3.64. The Morgan fingerprint density at radius 2 is 1.50 bits per heavy atom. The van der Waals surface area contributed by atoms with Gasteiger partial charge < -0.3 is 20.4 Å². The quantitative estimate of drug-likeness (QED) is 0.354. The van der Waals surface area contributed by atoms with Crippen LogP contribution >= 0.6 is 0 Å². The van der Waals surface area contributed by atoms with Gasteiger partial charge in [0.05, 0.1) is 0 Å². The van der Waals surface area contributed by atoms with E-state index in [0.29, 0.717) is 18.4 Å². The van der Waals surface area contributed by atoms with Crippen molar-refractivity contribution >= 4 is 11.9 Å². The van der Waals surface area contributed by atoms with Gasteiger partial charge in [-0.25, -0.2) is 0 Å². The van der Waals surface area contributed by atoms with Crippen molar-refractivity contribution in [3.05, 3.63) is 53.6 Å². The number of unbranched alkanes of at least 4 members (excludes halogenated alkanes) is 1. The third-order valence-electron chi connectivity index (χ3n) is 3.64. The Labute approximate surface area is 140 Å². The van der Waals surface area contributed by atoms with Crippen LogP contribution in [-0.4, -0.2) is 26.2 Å². The predicted octanol–water partition coefficient (Wildman–Crippen LogP) is 3.50. The van der Waals surface area contributed by atoms with Crippen molar-refractivity contribution in [2.24, 2.45) is 0 Å². The normalized spacial score (nSPS) is 11.0. The molecule has 4 N–H and O–H groups in total. The molecule has 2 aromatic rings. The SMILES string of the molecule is O=C(/C=C/c1ccc(O)c(O)c1)CCCCc1ccc(O)c(O)c1. The van der Waals surface area contributed by atoms with Gasteiger partial charge in [0.2, 0.25) is 0 Å². The van der Waals surface area contributed by atoms with Crippen LogP contribution in [0, 0.1) is 0 Å². The van der Waals surface area contributed by atoms with Crippen molar-refractivity contribution in [2.45, 2.75) is 25.7 Å². The fourth-order valence-corrected chi connectivity index (χ4v) is 2.27. The second-order valence-electron chi connectivity index (χ2n) is 5.58. The monoisotopic (exact) mass is 328 g/mol. The highest BCUT2D eigenvalue weighted by Gasteiger charge is 2.03. The van der Waals surface area contributed by atoms with E-state index in [-0.39, 0.29) is 28.8 Å². The van der Waals surface area contributed by atoms with Gasteiger partial charge in [-0.05, 0) is 60.7 Å². The number of phenolic OH excluding ortho intramolecular Hbond substituents is 4. The molecule has 2 aromatic carbocycles. The summed E-state index contributed by atoms with van der Waals surface area (Å²) in [6.45, 7) is 0. The Hall–Kier alpha value is -2.95. The summed E-state index contributed by atoms with van der Waals surface area (Å²) in [6, 6.07) is 9.08.